The second kappa shape index (κ2) is 8.76. The van der Waals surface area contributed by atoms with Crippen LogP contribution in [-0.2, 0) is 0 Å². The van der Waals surface area contributed by atoms with Gasteiger partial charge in [0.1, 0.15) is 0 Å². The van der Waals surface area contributed by atoms with Gasteiger partial charge in [-0.25, -0.2) is 0 Å². The Morgan fingerprint density at radius 1 is 1.10 bits per heavy atom. The fourth-order valence-electron chi connectivity index (χ4n) is 2.43. The van der Waals surface area contributed by atoms with Gasteiger partial charge in [-0.2, -0.15) is 0 Å². The van der Waals surface area contributed by atoms with Crippen molar-refractivity contribution in [2.75, 3.05) is 11.5 Å². The maximum atomic E-state index is 6.09. The number of halogens is 2. The first-order valence-corrected chi connectivity index (χ1v) is 10.3. The maximum Gasteiger partial charge on any atom is 0.0795 e. The van der Waals surface area contributed by atoms with Gasteiger partial charge in [-0.15, -0.1) is 23.5 Å². The van der Waals surface area contributed by atoms with Crippen LogP contribution >= 0.6 is 46.7 Å². The predicted octanol–water partition coefficient (Wildman–Crippen LogP) is 7.15. The van der Waals surface area contributed by atoms with E-state index >= 15 is 0 Å². The standard InChI is InChI=1S/C17H22Cl2S2/c1-2-3-4-5-9-17(20-11-12-21-17)10-8-14-6-7-15(18)16(19)13-14/h6-8,10,13H,2-5,9,11-12H2,1H3. The summed E-state index contributed by atoms with van der Waals surface area (Å²) in [4.78, 5) is 0. The largest absolute Gasteiger partial charge is 0.139 e. The molecule has 4 heteroatoms. The zero-order valence-electron chi connectivity index (χ0n) is 12.4. The van der Waals surface area contributed by atoms with Gasteiger partial charge >= 0.3 is 0 Å². The van der Waals surface area contributed by atoms with Crippen molar-refractivity contribution in [1.82, 2.24) is 0 Å². The minimum absolute atomic E-state index is 0.264. The molecular weight excluding hydrogens is 339 g/mol. The maximum absolute atomic E-state index is 6.09. The second-order valence-corrected chi connectivity index (χ2v) is 9.25. The van der Waals surface area contributed by atoms with E-state index in [1.54, 1.807) is 0 Å². The average molecular weight is 361 g/mol. The number of hydrogen-bond acceptors (Lipinski definition) is 2. The van der Waals surface area contributed by atoms with E-state index in [0.29, 0.717) is 10.0 Å². The highest BCUT2D eigenvalue weighted by Gasteiger charge is 2.32. The van der Waals surface area contributed by atoms with Crippen molar-refractivity contribution in [1.29, 1.82) is 0 Å². The molecule has 0 nitrogen and oxygen atoms in total. The Hall–Kier alpha value is 0.240. The van der Waals surface area contributed by atoms with Crippen molar-refractivity contribution < 1.29 is 0 Å². The summed E-state index contributed by atoms with van der Waals surface area (Å²) in [5.41, 5.74) is 1.13. The molecule has 0 radical (unpaired) electrons. The molecule has 0 bridgehead atoms. The van der Waals surface area contributed by atoms with Crippen LogP contribution in [0.25, 0.3) is 6.08 Å². The Morgan fingerprint density at radius 3 is 2.52 bits per heavy atom. The Kier molecular flexibility index (Phi) is 7.34. The molecule has 1 aromatic rings. The first-order chi connectivity index (χ1) is 10.2. The van der Waals surface area contributed by atoms with Crippen LogP contribution in [0.4, 0.5) is 0 Å². The summed E-state index contributed by atoms with van der Waals surface area (Å²) in [6, 6.07) is 5.83. The molecule has 0 aliphatic carbocycles. The molecule has 0 aromatic heterocycles. The van der Waals surface area contributed by atoms with Crippen LogP contribution in [-0.4, -0.2) is 15.6 Å². The molecule has 1 aliphatic heterocycles. The number of thioether (sulfide) groups is 2. The Bertz CT molecular complexity index is 480. The molecule has 0 atom stereocenters. The van der Waals surface area contributed by atoms with Crippen LogP contribution in [0.2, 0.25) is 10.0 Å². The van der Waals surface area contributed by atoms with Gasteiger partial charge < -0.3 is 0 Å². The van der Waals surface area contributed by atoms with Crippen molar-refractivity contribution in [3.05, 3.63) is 39.9 Å². The molecule has 1 heterocycles. The lowest BCUT2D eigenvalue weighted by Gasteiger charge is -2.23. The number of rotatable bonds is 7. The quantitative estimate of drug-likeness (QED) is 0.473. The molecule has 2 rings (SSSR count). The van der Waals surface area contributed by atoms with E-state index in [-0.39, 0.29) is 4.08 Å². The van der Waals surface area contributed by atoms with Crippen molar-refractivity contribution in [3.63, 3.8) is 0 Å². The molecule has 0 N–H and O–H groups in total. The Labute approximate surface area is 147 Å². The minimum Gasteiger partial charge on any atom is -0.139 e. The average Bonchev–Trinajstić information content (AvgIpc) is 2.94. The molecule has 0 unspecified atom stereocenters. The SMILES string of the molecule is CCCCCCC1(C=Cc2ccc(Cl)c(Cl)c2)SCCS1. The molecule has 0 saturated carbocycles. The van der Waals surface area contributed by atoms with Crippen molar-refractivity contribution in [3.8, 4) is 0 Å². The predicted molar refractivity (Wildman–Crippen MR) is 102 cm³/mol. The van der Waals surface area contributed by atoms with Gasteiger partial charge in [0.15, 0.2) is 0 Å². The van der Waals surface area contributed by atoms with E-state index in [4.69, 9.17) is 23.2 Å². The summed E-state index contributed by atoms with van der Waals surface area (Å²) in [7, 11) is 0. The summed E-state index contributed by atoms with van der Waals surface area (Å²) < 4.78 is 0.264. The van der Waals surface area contributed by atoms with Crippen molar-refractivity contribution in [2.45, 2.75) is 43.1 Å². The topological polar surface area (TPSA) is 0 Å². The van der Waals surface area contributed by atoms with Gasteiger partial charge in [-0.1, -0.05) is 74.0 Å². The Balaban J connectivity index is 2.01. The van der Waals surface area contributed by atoms with Crippen LogP contribution < -0.4 is 0 Å². The minimum atomic E-state index is 0.264. The lowest BCUT2D eigenvalue weighted by Crippen LogP contribution is -2.12. The molecule has 116 valence electrons. The number of unbranched alkanes of at least 4 members (excludes halogenated alkanes) is 3. The molecule has 1 aliphatic rings. The fourth-order valence-corrected chi connectivity index (χ4v) is 5.84. The summed E-state index contributed by atoms with van der Waals surface area (Å²) in [6.07, 6.45) is 11.2. The van der Waals surface area contributed by atoms with Crippen molar-refractivity contribution >= 4 is 52.8 Å². The summed E-state index contributed by atoms with van der Waals surface area (Å²) in [5, 5.41) is 1.25. The third-order valence-electron chi connectivity index (χ3n) is 3.63. The monoisotopic (exact) mass is 360 g/mol. The molecule has 0 spiro atoms. The highest BCUT2D eigenvalue weighted by atomic mass is 35.5. The normalized spacial score (nSPS) is 17.7. The van der Waals surface area contributed by atoms with Crippen LogP contribution in [0.15, 0.2) is 24.3 Å². The third kappa shape index (κ3) is 5.42. The summed E-state index contributed by atoms with van der Waals surface area (Å²) in [5.74, 6) is 2.51. The zero-order valence-corrected chi connectivity index (χ0v) is 15.6. The number of benzene rings is 1. The van der Waals surface area contributed by atoms with E-state index in [2.05, 4.69) is 42.6 Å². The van der Waals surface area contributed by atoms with E-state index in [9.17, 15) is 0 Å². The fraction of sp³-hybridized carbons (Fsp3) is 0.529. The molecule has 1 fully saturated rings. The summed E-state index contributed by atoms with van der Waals surface area (Å²) >= 11 is 16.2. The second-order valence-electron chi connectivity index (χ2n) is 5.33. The first kappa shape index (κ1) is 17.6. The third-order valence-corrected chi connectivity index (χ3v) is 7.81. The van der Waals surface area contributed by atoms with Gasteiger partial charge in [0, 0.05) is 11.5 Å². The van der Waals surface area contributed by atoms with Gasteiger partial charge in [-0.05, 0) is 24.1 Å². The summed E-state index contributed by atoms with van der Waals surface area (Å²) in [6.45, 7) is 2.26. The molecular formula is C17H22Cl2S2. The van der Waals surface area contributed by atoms with Crippen LogP contribution in [0.3, 0.4) is 0 Å². The molecule has 21 heavy (non-hydrogen) atoms. The van der Waals surface area contributed by atoms with Crippen LogP contribution in [0.5, 0.6) is 0 Å². The first-order valence-electron chi connectivity index (χ1n) is 7.57. The smallest absolute Gasteiger partial charge is 0.0795 e. The lowest BCUT2D eigenvalue weighted by molar-refractivity contribution is 0.632. The van der Waals surface area contributed by atoms with Crippen LogP contribution in [0.1, 0.15) is 44.6 Å². The van der Waals surface area contributed by atoms with E-state index in [1.807, 2.05) is 18.2 Å². The number of hydrogen-bond donors (Lipinski definition) is 0. The van der Waals surface area contributed by atoms with Crippen molar-refractivity contribution in [2.24, 2.45) is 0 Å². The molecule has 0 amide bonds. The van der Waals surface area contributed by atoms with Gasteiger partial charge in [0.05, 0.1) is 14.1 Å². The molecule has 1 aromatic carbocycles. The Morgan fingerprint density at radius 2 is 1.86 bits per heavy atom. The lowest BCUT2D eigenvalue weighted by atomic mass is 10.1. The highest BCUT2D eigenvalue weighted by Crippen LogP contribution is 2.49. The van der Waals surface area contributed by atoms with E-state index in [1.165, 1.54) is 43.6 Å². The van der Waals surface area contributed by atoms with Gasteiger partial charge in [-0.3, -0.25) is 0 Å². The molecule has 1 saturated heterocycles. The zero-order chi connectivity index (χ0) is 15.1. The van der Waals surface area contributed by atoms with Crippen LogP contribution in [0, 0.1) is 0 Å². The van der Waals surface area contributed by atoms with E-state index < -0.39 is 0 Å². The van der Waals surface area contributed by atoms with E-state index in [0.717, 1.165) is 5.56 Å². The van der Waals surface area contributed by atoms with Gasteiger partial charge in [0.25, 0.3) is 0 Å². The highest BCUT2D eigenvalue weighted by molar-refractivity contribution is 8.21. The van der Waals surface area contributed by atoms with Gasteiger partial charge in [0.2, 0.25) is 0 Å².